The van der Waals surface area contributed by atoms with Crippen LogP contribution in [0.2, 0.25) is 0 Å². The van der Waals surface area contributed by atoms with Gasteiger partial charge in [-0.3, -0.25) is 4.90 Å². The number of aromatic nitrogens is 2. The highest BCUT2D eigenvalue weighted by Crippen LogP contribution is 2.27. The zero-order valence-corrected chi connectivity index (χ0v) is 15.5. The van der Waals surface area contributed by atoms with Gasteiger partial charge in [-0.25, -0.2) is 4.98 Å². The maximum atomic E-state index is 4.84. The standard InChI is InChI=1S/C20H33N5/c1-2-6-14-24(13-5-1)19-11-12-21-20(23-19)22-17-8-7-15-25(16-17)18-9-3-4-10-18/h11-12,17-18H,1-10,13-16H2,(H,21,22,23)/t17-/m0/s1. The number of nitrogens with one attached hydrogen (secondary N) is 1. The van der Waals surface area contributed by atoms with Crippen molar-refractivity contribution in [1.82, 2.24) is 14.9 Å². The van der Waals surface area contributed by atoms with Gasteiger partial charge in [0.2, 0.25) is 5.95 Å². The van der Waals surface area contributed by atoms with Gasteiger partial charge in [-0.1, -0.05) is 25.7 Å². The number of hydrogen-bond acceptors (Lipinski definition) is 5. The molecule has 0 aromatic carbocycles. The van der Waals surface area contributed by atoms with Gasteiger partial charge < -0.3 is 10.2 Å². The average Bonchev–Trinajstić information content (AvgIpc) is 3.05. The largest absolute Gasteiger partial charge is 0.356 e. The van der Waals surface area contributed by atoms with E-state index in [1.807, 2.05) is 6.20 Å². The molecule has 1 saturated carbocycles. The monoisotopic (exact) mass is 343 g/mol. The third-order valence-electron chi connectivity index (χ3n) is 6.20. The Morgan fingerprint density at radius 1 is 0.880 bits per heavy atom. The van der Waals surface area contributed by atoms with Crippen molar-refractivity contribution >= 4 is 11.8 Å². The van der Waals surface area contributed by atoms with Crippen LogP contribution in [0.5, 0.6) is 0 Å². The van der Waals surface area contributed by atoms with Gasteiger partial charge in [0.1, 0.15) is 5.82 Å². The number of rotatable bonds is 4. The summed E-state index contributed by atoms with van der Waals surface area (Å²) in [5.74, 6) is 1.92. The zero-order valence-electron chi connectivity index (χ0n) is 15.5. The lowest BCUT2D eigenvalue weighted by Gasteiger charge is -2.37. The van der Waals surface area contributed by atoms with Crippen LogP contribution in [0.1, 0.15) is 64.2 Å². The molecule has 1 N–H and O–H groups in total. The summed E-state index contributed by atoms with van der Waals surface area (Å²) in [5.41, 5.74) is 0. The van der Waals surface area contributed by atoms with E-state index in [9.17, 15) is 0 Å². The predicted octanol–water partition coefficient (Wildman–Crippen LogP) is 3.68. The van der Waals surface area contributed by atoms with Crippen molar-refractivity contribution in [3.63, 3.8) is 0 Å². The molecule has 5 heteroatoms. The van der Waals surface area contributed by atoms with Crippen LogP contribution >= 0.6 is 0 Å². The van der Waals surface area contributed by atoms with E-state index >= 15 is 0 Å². The normalized spacial score (nSPS) is 26.6. The molecule has 4 rings (SSSR count). The predicted molar refractivity (Wildman–Crippen MR) is 103 cm³/mol. The number of anilines is 2. The summed E-state index contributed by atoms with van der Waals surface area (Å²) in [5, 5.41) is 3.64. The van der Waals surface area contributed by atoms with E-state index in [4.69, 9.17) is 4.98 Å². The molecule has 25 heavy (non-hydrogen) atoms. The summed E-state index contributed by atoms with van der Waals surface area (Å²) in [4.78, 5) is 14.5. The molecule has 1 atom stereocenters. The van der Waals surface area contributed by atoms with Crippen molar-refractivity contribution in [2.24, 2.45) is 0 Å². The Balaban J connectivity index is 1.37. The number of hydrogen-bond donors (Lipinski definition) is 1. The molecule has 0 amide bonds. The van der Waals surface area contributed by atoms with Crippen LogP contribution < -0.4 is 10.2 Å². The molecule has 2 saturated heterocycles. The molecule has 0 spiro atoms. The SMILES string of the molecule is c1cc(N2CCCCCC2)nc(N[C@H]2CCCN(C3CCCC3)C2)n1. The fourth-order valence-corrected chi connectivity index (χ4v) is 4.80. The first-order valence-corrected chi connectivity index (χ1v) is 10.5. The molecular formula is C20H33N5. The molecule has 1 aromatic heterocycles. The summed E-state index contributed by atoms with van der Waals surface area (Å²) < 4.78 is 0. The van der Waals surface area contributed by atoms with Gasteiger partial charge >= 0.3 is 0 Å². The van der Waals surface area contributed by atoms with E-state index in [2.05, 4.69) is 26.2 Å². The molecule has 2 aliphatic heterocycles. The van der Waals surface area contributed by atoms with Crippen molar-refractivity contribution in [3.05, 3.63) is 12.3 Å². The molecule has 5 nitrogen and oxygen atoms in total. The van der Waals surface area contributed by atoms with Crippen LogP contribution in [0.3, 0.4) is 0 Å². The Bertz CT molecular complexity index is 535. The van der Waals surface area contributed by atoms with Crippen LogP contribution in [-0.2, 0) is 0 Å². The van der Waals surface area contributed by atoms with Crippen LogP contribution in [0.25, 0.3) is 0 Å². The van der Waals surface area contributed by atoms with Crippen molar-refractivity contribution < 1.29 is 0 Å². The second-order valence-electron chi connectivity index (χ2n) is 8.06. The van der Waals surface area contributed by atoms with Crippen molar-refractivity contribution in [1.29, 1.82) is 0 Å². The van der Waals surface area contributed by atoms with Crippen LogP contribution in [-0.4, -0.2) is 53.1 Å². The fourth-order valence-electron chi connectivity index (χ4n) is 4.80. The molecule has 0 unspecified atom stereocenters. The maximum absolute atomic E-state index is 4.84. The van der Waals surface area contributed by atoms with E-state index < -0.39 is 0 Å². The van der Waals surface area contributed by atoms with Crippen molar-refractivity contribution in [3.8, 4) is 0 Å². The summed E-state index contributed by atoms with van der Waals surface area (Å²) in [6, 6.07) is 3.39. The summed E-state index contributed by atoms with van der Waals surface area (Å²) in [7, 11) is 0. The highest BCUT2D eigenvalue weighted by molar-refractivity contribution is 5.43. The summed E-state index contributed by atoms with van der Waals surface area (Å²) in [6.07, 6.45) is 15.4. The van der Waals surface area contributed by atoms with E-state index in [0.717, 1.165) is 37.4 Å². The van der Waals surface area contributed by atoms with Crippen LogP contribution in [0.15, 0.2) is 12.3 Å². The quantitative estimate of drug-likeness (QED) is 0.903. The Morgan fingerprint density at radius 2 is 1.68 bits per heavy atom. The minimum Gasteiger partial charge on any atom is -0.356 e. The summed E-state index contributed by atoms with van der Waals surface area (Å²) in [6.45, 7) is 4.70. The third-order valence-corrected chi connectivity index (χ3v) is 6.20. The molecule has 3 heterocycles. The van der Waals surface area contributed by atoms with Crippen molar-refractivity contribution in [2.75, 3.05) is 36.4 Å². The third kappa shape index (κ3) is 4.43. The number of likely N-dealkylation sites (tertiary alicyclic amines) is 1. The van der Waals surface area contributed by atoms with Gasteiger partial charge in [-0.2, -0.15) is 4.98 Å². The molecular weight excluding hydrogens is 310 g/mol. The average molecular weight is 344 g/mol. The van der Waals surface area contributed by atoms with Gasteiger partial charge in [-0.05, 0) is 51.1 Å². The fraction of sp³-hybridized carbons (Fsp3) is 0.800. The van der Waals surface area contributed by atoms with Gasteiger partial charge in [-0.15, -0.1) is 0 Å². The zero-order chi connectivity index (χ0) is 16.9. The minimum atomic E-state index is 0.494. The first kappa shape index (κ1) is 17.1. The smallest absolute Gasteiger partial charge is 0.224 e. The maximum Gasteiger partial charge on any atom is 0.224 e. The lowest BCUT2D eigenvalue weighted by Crippen LogP contribution is -2.46. The van der Waals surface area contributed by atoms with E-state index in [-0.39, 0.29) is 0 Å². The Labute approximate surface area is 152 Å². The Morgan fingerprint density at radius 3 is 2.48 bits per heavy atom. The lowest BCUT2D eigenvalue weighted by molar-refractivity contribution is 0.156. The van der Waals surface area contributed by atoms with Gasteiger partial charge in [0, 0.05) is 37.9 Å². The second kappa shape index (κ2) is 8.35. The molecule has 0 radical (unpaired) electrons. The van der Waals surface area contributed by atoms with E-state index in [1.54, 1.807) is 0 Å². The Kier molecular flexibility index (Phi) is 5.70. The van der Waals surface area contributed by atoms with E-state index in [0.29, 0.717) is 6.04 Å². The van der Waals surface area contributed by atoms with E-state index in [1.165, 1.54) is 70.8 Å². The van der Waals surface area contributed by atoms with Gasteiger partial charge in [0.05, 0.1) is 0 Å². The van der Waals surface area contributed by atoms with Gasteiger partial charge in [0.15, 0.2) is 0 Å². The molecule has 1 aromatic rings. The van der Waals surface area contributed by atoms with Crippen LogP contribution in [0.4, 0.5) is 11.8 Å². The number of piperidine rings is 1. The molecule has 1 aliphatic carbocycles. The first-order chi connectivity index (χ1) is 12.4. The highest BCUT2D eigenvalue weighted by Gasteiger charge is 2.28. The van der Waals surface area contributed by atoms with Crippen LogP contribution in [0, 0.1) is 0 Å². The topological polar surface area (TPSA) is 44.3 Å². The molecule has 138 valence electrons. The van der Waals surface area contributed by atoms with Crippen molar-refractivity contribution in [2.45, 2.75) is 76.3 Å². The molecule has 0 bridgehead atoms. The second-order valence-corrected chi connectivity index (χ2v) is 8.06. The highest BCUT2D eigenvalue weighted by atomic mass is 15.2. The molecule has 3 fully saturated rings. The summed E-state index contributed by atoms with van der Waals surface area (Å²) >= 11 is 0. The molecule has 3 aliphatic rings. The Hall–Kier alpha value is -1.36. The first-order valence-electron chi connectivity index (χ1n) is 10.5. The minimum absolute atomic E-state index is 0.494. The number of nitrogens with zero attached hydrogens (tertiary/aromatic N) is 4. The lowest BCUT2D eigenvalue weighted by atomic mass is 10.0. The van der Waals surface area contributed by atoms with Gasteiger partial charge in [0.25, 0.3) is 0 Å².